The SMILES string of the molecule is CC(C)(C)c1ccc(/C=C/C(=O)Nc2nc(-c3ccc(F)cc3F)cs2)cc1. The summed E-state index contributed by atoms with van der Waals surface area (Å²) < 4.78 is 26.9. The van der Waals surface area contributed by atoms with Crippen molar-refractivity contribution < 1.29 is 13.6 Å². The molecule has 0 fully saturated rings. The second-order valence-electron chi connectivity index (χ2n) is 7.36. The van der Waals surface area contributed by atoms with Crippen LogP contribution in [0.1, 0.15) is 31.9 Å². The van der Waals surface area contributed by atoms with Crippen molar-refractivity contribution in [3.05, 3.63) is 76.7 Å². The van der Waals surface area contributed by atoms with Crippen molar-refractivity contribution in [2.75, 3.05) is 5.32 Å². The number of nitrogens with one attached hydrogen (secondary N) is 1. The highest BCUT2D eigenvalue weighted by atomic mass is 32.1. The Hall–Kier alpha value is -2.86. The predicted octanol–water partition coefficient (Wildman–Crippen LogP) is 6.04. The van der Waals surface area contributed by atoms with Gasteiger partial charge in [0, 0.05) is 23.1 Å². The zero-order valence-electron chi connectivity index (χ0n) is 15.8. The molecule has 0 unspecified atom stereocenters. The maximum atomic E-state index is 13.8. The monoisotopic (exact) mass is 398 g/mol. The van der Waals surface area contributed by atoms with Gasteiger partial charge < -0.3 is 0 Å². The minimum Gasteiger partial charge on any atom is -0.298 e. The van der Waals surface area contributed by atoms with E-state index in [1.807, 2.05) is 24.3 Å². The Kier molecular flexibility index (Phi) is 5.70. The quantitative estimate of drug-likeness (QED) is 0.545. The molecule has 0 aliphatic carbocycles. The van der Waals surface area contributed by atoms with Crippen LogP contribution in [0.15, 0.2) is 53.9 Å². The number of amides is 1. The van der Waals surface area contributed by atoms with Crippen molar-refractivity contribution in [3.8, 4) is 11.3 Å². The number of halogens is 2. The van der Waals surface area contributed by atoms with Gasteiger partial charge in [0.05, 0.1) is 5.69 Å². The first-order chi connectivity index (χ1) is 13.2. The molecular formula is C22H20F2N2OS. The zero-order valence-corrected chi connectivity index (χ0v) is 16.6. The molecule has 0 aliphatic rings. The number of anilines is 1. The highest BCUT2D eigenvalue weighted by Crippen LogP contribution is 2.27. The third-order valence-corrected chi connectivity index (χ3v) is 4.90. The fourth-order valence-electron chi connectivity index (χ4n) is 2.57. The summed E-state index contributed by atoms with van der Waals surface area (Å²) in [6, 6.07) is 11.3. The lowest BCUT2D eigenvalue weighted by molar-refractivity contribution is -0.111. The van der Waals surface area contributed by atoms with Crippen LogP contribution in [-0.4, -0.2) is 10.9 Å². The van der Waals surface area contributed by atoms with Crippen molar-refractivity contribution in [1.82, 2.24) is 4.98 Å². The lowest BCUT2D eigenvalue weighted by atomic mass is 9.87. The number of benzene rings is 2. The number of carbonyl (C=O) groups is 1. The molecule has 0 saturated carbocycles. The number of aromatic nitrogens is 1. The van der Waals surface area contributed by atoms with Crippen molar-refractivity contribution >= 4 is 28.5 Å². The highest BCUT2D eigenvalue weighted by molar-refractivity contribution is 7.14. The molecule has 1 aromatic heterocycles. The normalized spacial score (nSPS) is 11.8. The number of hydrogen-bond acceptors (Lipinski definition) is 3. The third-order valence-electron chi connectivity index (χ3n) is 4.15. The lowest BCUT2D eigenvalue weighted by Crippen LogP contribution is -2.10. The van der Waals surface area contributed by atoms with Crippen LogP contribution in [0.4, 0.5) is 13.9 Å². The van der Waals surface area contributed by atoms with Gasteiger partial charge in [-0.15, -0.1) is 11.3 Å². The van der Waals surface area contributed by atoms with E-state index in [1.165, 1.54) is 35.1 Å². The van der Waals surface area contributed by atoms with E-state index >= 15 is 0 Å². The molecule has 1 heterocycles. The van der Waals surface area contributed by atoms with E-state index in [2.05, 4.69) is 31.1 Å². The molecule has 0 bridgehead atoms. The van der Waals surface area contributed by atoms with Gasteiger partial charge in [0.2, 0.25) is 5.91 Å². The smallest absolute Gasteiger partial charge is 0.250 e. The molecule has 0 radical (unpaired) electrons. The molecule has 28 heavy (non-hydrogen) atoms. The summed E-state index contributed by atoms with van der Waals surface area (Å²) in [6.45, 7) is 6.43. The summed E-state index contributed by atoms with van der Waals surface area (Å²) in [6.07, 6.45) is 3.14. The average Bonchev–Trinajstić information content (AvgIpc) is 3.07. The van der Waals surface area contributed by atoms with Crippen LogP contribution in [0.2, 0.25) is 0 Å². The highest BCUT2D eigenvalue weighted by Gasteiger charge is 2.13. The lowest BCUT2D eigenvalue weighted by Gasteiger charge is -2.18. The van der Waals surface area contributed by atoms with Crippen LogP contribution in [-0.2, 0) is 10.2 Å². The van der Waals surface area contributed by atoms with Crippen molar-refractivity contribution in [1.29, 1.82) is 0 Å². The summed E-state index contributed by atoms with van der Waals surface area (Å²) in [5.41, 5.74) is 2.74. The van der Waals surface area contributed by atoms with Crippen molar-refractivity contribution in [2.45, 2.75) is 26.2 Å². The zero-order chi connectivity index (χ0) is 20.3. The molecular weight excluding hydrogens is 378 g/mol. The summed E-state index contributed by atoms with van der Waals surface area (Å²) in [4.78, 5) is 16.3. The second kappa shape index (κ2) is 8.02. The van der Waals surface area contributed by atoms with Gasteiger partial charge in [0.15, 0.2) is 5.13 Å². The Morgan fingerprint density at radius 2 is 1.82 bits per heavy atom. The molecule has 0 saturated heterocycles. The van der Waals surface area contributed by atoms with E-state index in [1.54, 1.807) is 11.5 Å². The molecule has 0 atom stereocenters. The van der Waals surface area contributed by atoms with E-state index < -0.39 is 11.6 Å². The Labute approximate surface area is 166 Å². The summed E-state index contributed by atoms with van der Waals surface area (Å²) >= 11 is 1.17. The van der Waals surface area contributed by atoms with Gasteiger partial charge in [-0.2, -0.15) is 0 Å². The number of hydrogen-bond donors (Lipinski definition) is 1. The molecule has 144 valence electrons. The first kappa shape index (κ1) is 19.9. The van der Waals surface area contributed by atoms with Gasteiger partial charge in [-0.05, 0) is 34.8 Å². The van der Waals surface area contributed by atoms with E-state index in [-0.39, 0.29) is 16.9 Å². The third kappa shape index (κ3) is 4.89. The van der Waals surface area contributed by atoms with Gasteiger partial charge in [-0.1, -0.05) is 45.0 Å². The number of thiazole rings is 1. The minimum atomic E-state index is -0.693. The predicted molar refractivity (Wildman–Crippen MR) is 110 cm³/mol. The van der Waals surface area contributed by atoms with E-state index in [0.29, 0.717) is 10.8 Å². The molecule has 3 aromatic rings. The van der Waals surface area contributed by atoms with Gasteiger partial charge in [0.25, 0.3) is 0 Å². The van der Waals surface area contributed by atoms with Crippen LogP contribution in [0.3, 0.4) is 0 Å². The fraction of sp³-hybridized carbons (Fsp3) is 0.182. The van der Waals surface area contributed by atoms with Crippen LogP contribution < -0.4 is 5.32 Å². The summed E-state index contributed by atoms with van der Waals surface area (Å²) in [5, 5.41) is 4.61. The molecule has 0 spiro atoms. The van der Waals surface area contributed by atoms with E-state index in [0.717, 1.165) is 11.6 Å². The maximum absolute atomic E-state index is 13.8. The largest absolute Gasteiger partial charge is 0.298 e. The van der Waals surface area contributed by atoms with E-state index in [9.17, 15) is 13.6 Å². The molecule has 3 nitrogen and oxygen atoms in total. The number of rotatable bonds is 4. The maximum Gasteiger partial charge on any atom is 0.250 e. The fourth-order valence-corrected chi connectivity index (χ4v) is 3.28. The molecule has 2 aromatic carbocycles. The van der Waals surface area contributed by atoms with Crippen LogP contribution in [0.25, 0.3) is 17.3 Å². The Morgan fingerprint density at radius 1 is 1.11 bits per heavy atom. The second-order valence-corrected chi connectivity index (χ2v) is 8.21. The van der Waals surface area contributed by atoms with Gasteiger partial charge in [-0.25, -0.2) is 13.8 Å². The first-order valence-electron chi connectivity index (χ1n) is 8.73. The Bertz CT molecular complexity index is 1020. The Balaban J connectivity index is 1.65. The average molecular weight is 398 g/mol. The molecule has 6 heteroatoms. The molecule has 3 rings (SSSR count). The molecule has 1 N–H and O–H groups in total. The van der Waals surface area contributed by atoms with Crippen molar-refractivity contribution in [2.24, 2.45) is 0 Å². The van der Waals surface area contributed by atoms with Gasteiger partial charge in [0.1, 0.15) is 11.6 Å². The van der Waals surface area contributed by atoms with Crippen LogP contribution in [0, 0.1) is 11.6 Å². The number of nitrogens with zero attached hydrogens (tertiary/aromatic N) is 1. The van der Waals surface area contributed by atoms with Crippen LogP contribution >= 0.6 is 11.3 Å². The molecule has 0 aliphatic heterocycles. The Morgan fingerprint density at radius 3 is 2.46 bits per heavy atom. The molecule has 1 amide bonds. The topological polar surface area (TPSA) is 42.0 Å². The summed E-state index contributed by atoms with van der Waals surface area (Å²) in [5.74, 6) is -1.67. The minimum absolute atomic E-state index is 0.0756. The standard InChI is InChI=1S/C22H20F2N2OS/c1-22(2,3)15-7-4-14(5-8-15)6-11-20(27)26-21-25-19(13-28-21)17-10-9-16(23)12-18(17)24/h4-13H,1-3H3,(H,25,26,27)/b11-6+. The van der Waals surface area contributed by atoms with Gasteiger partial charge in [-0.3, -0.25) is 10.1 Å². The summed E-state index contributed by atoms with van der Waals surface area (Å²) in [7, 11) is 0. The van der Waals surface area contributed by atoms with Crippen molar-refractivity contribution in [3.63, 3.8) is 0 Å². The number of carbonyl (C=O) groups excluding carboxylic acids is 1. The van der Waals surface area contributed by atoms with E-state index in [4.69, 9.17) is 0 Å². The first-order valence-corrected chi connectivity index (χ1v) is 9.61. The van der Waals surface area contributed by atoms with Gasteiger partial charge >= 0.3 is 0 Å². The van der Waals surface area contributed by atoms with Crippen LogP contribution in [0.5, 0.6) is 0 Å².